The maximum atomic E-state index is 11.4. The van der Waals surface area contributed by atoms with Gasteiger partial charge in [0.2, 0.25) is 0 Å². The molecule has 2 saturated heterocycles. The molecule has 0 aromatic carbocycles. The first-order valence-electron chi connectivity index (χ1n) is 5.59. The molecule has 0 aromatic heterocycles. The second-order valence-corrected chi connectivity index (χ2v) is 5.97. The molecule has 6 heteroatoms. The number of nitrogens with zero attached hydrogens (tertiary/aromatic N) is 1. The Balaban J connectivity index is 2.07. The van der Waals surface area contributed by atoms with Crippen LogP contribution in [0.2, 0.25) is 0 Å². The fraction of sp³-hybridized carbons (Fsp3) is 1.00. The third-order valence-corrected chi connectivity index (χ3v) is 4.56. The highest BCUT2D eigenvalue weighted by Gasteiger charge is 2.37. The summed E-state index contributed by atoms with van der Waals surface area (Å²) < 4.78 is 24.2. The van der Waals surface area contributed by atoms with E-state index in [1.807, 2.05) is 0 Å². The summed E-state index contributed by atoms with van der Waals surface area (Å²) in [5.74, 6) is 0.444. The first-order chi connectivity index (χ1) is 7.09. The van der Waals surface area contributed by atoms with Crippen molar-refractivity contribution in [3.63, 3.8) is 0 Å². The van der Waals surface area contributed by atoms with Gasteiger partial charge in [0.1, 0.15) is 0 Å². The zero-order valence-electron chi connectivity index (χ0n) is 8.85. The van der Waals surface area contributed by atoms with Crippen molar-refractivity contribution in [3.05, 3.63) is 0 Å². The summed E-state index contributed by atoms with van der Waals surface area (Å²) in [6.45, 7) is 2.58. The maximum Gasteiger partial charge on any atom is 0.277 e. The molecule has 2 fully saturated rings. The molecule has 0 aliphatic carbocycles. The van der Waals surface area contributed by atoms with E-state index in [4.69, 9.17) is 5.14 Å². The molecule has 0 aromatic rings. The van der Waals surface area contributed by atoms with Gasteiger partial charge in [0.05, 0.1) is 0 Å². The fourth-order valence-corrected chi connectivity index (χ4v) is 3.80. The Morgan fingerprint density at radius 2 is 2.07 bits per heavy atom. The molecular weight excluding hydrogens is 214 g/mol. The molecule has 2 rings (SSSR count). The number of nitrogens with two attached hydrogens (primary N) is 1. The Labute approximate surface area is 91.2 Å². The van der Waals surface area contributed by atoms with Crippen LogP contribution < -0.4 is 10.5 Å². The summed E-state index contributed by atoms with van der Waals surface area (Å²) in [5.41, 5.74) is 0. The summed E-state index contributed by atoms with van der Waals surface area (Å²) in [6, 6.07) is 0.132. The van der Waals surface area contributed by atoms with E-state index < -0.39 is 10.2 Å². The number of hydrogen-bond donors (Lipinski definition) is 2. The summed E-state index contributed by atoms with van der Waals surface area (Å²) >= 11 is 0. The minimum atomic E-state index is -3.50. The molecule has 0 amide bonds. The molecule has 2 atom stereocenters. The van der Waals surface area contributed by atoms with Crippen molar-refractivity contribution in [1.29, 1.82) is 0 Å². The van der Waals surface area contributed by atoms with Crippen LogP contribution in [0.4, 0.5) is 0 Å². The van der Waals surface area contributed by atoms with Crippen LogP contribution in [-0.2, 0) is 10.2 Å². The quantitative estimate of drug-likeness (QED) is 0.685. The molecule has 2 heterocycles. The molecule has 2 aliphatic rings. The zero-order chi connectivity index (χ0) is 10.9. The normalized spacial score (nSPS) is 34.5. The van der Waals surface area contributed by atoms with Crippen LogP contribution in [0.5, 0.6) is 0 Å². The summed E-state index contributed by atoms with van der Waals surface area (Å²) in [7, 11) is -3.50. The van der Waals surface area contributed by atoms with Crippen LogP contribution in [-0.4, -0.2) is 38.4 Å². The smallest absolute Gasteiger partial charge is 0.277 e. The molecule has 15 heavy (non-hydrogen) atoms. The van der Waals surface area contributed by atoms with Crippen LogP contribution in [0.1, 0.15) is 25.7 Å². The molecule has 88 valence electrons. The van der Waals surface area contributed by atoms with Crippen molar-refractivity contribution >= 4 is 10.2 Å². The van der Waals surface area contributed by atoms with E-state index in [2.05, 4.69) is 5.32 Å². The van der Waals surface area contributed by atoms with Crippen LogP contribution in [0.25, 0.3) is 0 Å². The van der Waals surface area contributed by atoms with E-state index in [9.17, 15) is 8.42 Å². The van der Waals surface area contributed by atoms with Crippen molar-refractivity contribution in [2.75, 3.05) is 19.6 Å². The lowest BCUT2D eigenvalue weighted by molar-refractivity contribution is 0.239. The van der Waals surface area contributed by atoms with Crippen molar-refractivity contribution in [1.82, 2.24) is 9.62 Å². The molecular formula is C9H19N3O2S. The molecule has 0 saturated carbocycles. The number of nitrogens with one attached hydrogen (secondary N) is 1. The number of piperidine rings is 1. The van der Waals surface area contributed by atoms with Gasteiger partial charge in [-0.25, -0.2) is 5.14 Å². The average Bonchev–Trinajstić information content (AvgIpc) is 2.67. The van der Waals surface area contributed by atoms with Crippen LogP contribution in [0.15, 0.2) is 0 Å². The largest absolute Gasteiger partial charge is 0.316 e. The van der Waals surface area contributed by atoms with Gasteiger partial charge in [-0.05, 0) is 44.7 Å². The summed E-state index contributed by atoms with van der Waals surface area (Å²) in [5, 5.41) is 8.54. The van der Waals surface area contributed by atoms with Gasteiger partial charge < -0.3 is 5.32 Å². The van der Waals surface area contributed by atoms with E-state index in [0.717, 1.165) is 38.8 Å². The van der Waals surface area contributed by atoms with E-state index in [1.54, 1.807) is 0 Å². The van der Waals surface area contributed by atoms with E-state index in [0.29, 0.717) is 12.5 Å². The third kappa shape index (κ3) is 2.50. The topological polar surface area (TPSA) is 75.4 Å². The van der Waals surface area contributed by atoms with Gasteiger partial charge in [-0.15, -0.1) is 0 Å². The van der Waals surface area contributed by atoms with Crippen LogP contribution in [0, 0.1) is 5.92 Å². The minimum Gasteiger partial charge on any atom is -0.316 e. The van der Waals surface area contributed by atoms with Crippen molar-refractivity contribution < 1.29 is 8.42 Å². The lowest BCUT2D eigenvalue weighted by Crippen LogP contribution is -2.47. The van der Waals surface area contributed by atoms with Gasteiger partial charge in [0.15, 0.2) is 0 Å². The highest BCUT2D eigenvalue weighted by Crippen LogP contribution is 2.29. The Kier molecular flexibility index (Phi) is 3.30. The SMILES string of the molecule is NS(=O)(=O)N1CCCC1C1CCCNC1. The van der Waals surface area contributed by atoms with Gasteiger partial charge >= 0.3 is 0 Å². The van der Waals surface area contributed by atoms with Gasteiger partial charge in [-0.1, -0.05) is 0 Å². The van der Waals surface area contributed by atoms with E-state index in [-0.39, 0.29) is 6.04 Å². The zero-order valence-corrected chi connectivity index (χ0v) is 9.67. The Bertz CT molecular complexity index is 311. The van der Waals surface area contributed by atoms with Crippen LogP contribution >= 0.6 is 0 Å². The predicted octanol–water partition coefficient (Wildman–Crippen LogP) is -0.346. The average molecular weight is 233 g/mol. The Morgan fingerprint density at radius 1 is 1.27 bits per heavy atom. The Hall–Kier alpha value is -0.170. The summed E-state index contributed by atoms with van der Waals surface area (Å²) in [4.78, 5) is 0. The fourth-order valence-electron chi connectivity index (χ4n) is 2.76. The molecule has 0 radical (unpaired) electrons. The second kappa shape index (κ2) is 4.37. The number of hydrogen-bond acceptors (Lipinski definition) is 3. The second-order valence-electron chi connectivity index (χ2n) is 4.47. The van der Waals surface area contributed by atoms with Crippen molar-refractivity contribution in [2.24, 2.45) is 11.1 Å². The van der Waals surface area contributed by atoms with Crippen molar-refractivity contribution in [3.8, 4) is 0 Å². The van der Waals surface area contributed by atoms with Crippen LogP contribution in [0.3, 0.4) is 0 Å². The van der Waals surface area contributed by atoms with Crippen molar-refractivity contribution in [2.45, 2.75) is 31.7 Å². The molecule has 2 aliphatic heterocycles. The van der Waals surface area contributed by atoms with Gasteiger partial charge in [-0.2, -0.15) is 12.7 Å². The molecule has 3 N–H and O–H groups in total. The van der Waals surface area contributed by atoms with Gasteiger partial charge in [0.25, 0.3) is 10.2 Å². The predicted molar refractivity (Wildman–Crippen MR) is 58.4 cm³/mol. The van der Waals surface area contributed by atoms with E-state index in [1.165, 1.54) is 4.31 Å². The van der Waals surface area contributed by atoms with Gasteiger partial charge in [-0.3, -0.25) is 0 Å². The highest BCUT2D eigenvalue weighted by molar-refractivity contribution is 7.86. The summed E-state index contributed by atoms with van der Waals surface area (Å²) in [6.07, 6.45) is 4.16. The molecule has 0 spiro atoms. The molecule has 5 nitrogen and oxygen atoms in total. The molecule has 0 bridgehead atoms. The first kappa shape index (κ1) is 11.3. The highest BCUT2D eigenvalue weighted by atomic mass is 32.2. The molecule has 2 unspecified atom stereocenters. The van der Waals surface area contributed by atoms with Gasteiger partial charge in [0, 0.05) is 12.6 Å². The standard InChI is InChI=1S/C9H19N3O2S/c10-15(13,14)12-6-2-4-9(12)8-3-1-5-11-7-8/h8-9,11H,1-7H2,(H2,10,13,14). The maximum absolute atomic E-state index is 11.4. The lowest BCUT2D eigenvalue weighted by Gasteiger charge is -2.32. The third-order valence-electron chi connectivity index (χ3n) is 3.45. The number of rotatable bonds is 2. The minimum absolute atomic E-state index is 0.132. The lowest BCUT2D eigenvalue weighted by atomic mass is 9.91. The first-order valence-corrected chi connectivity index (χ1v) is 7.09. The Morgan fingerprint density at radius 3 is 2.67 bits per heavy atom. The van der Waals surface area contributed by atoms with E-state index >= 15 is 0 Å². The monoisotopic (exact) mass is 233 g/mol.